The summed E-state index contributed by atoms with van der Waals surface area (Å²) in [7, 11) is 1.51. The fraction of sp³-hybridized carbons (Fsp3) is 0.583. The lowest BCUT2D eigenvalue weighted by Gasteiger charge is -2.21. The first kappa shape index (κ1) is 11.4. The summed E-state index contributed by atoms with van der Waals surface area (Å²) in [5.74, 6) is -1.03. The van der Waals surface area contributed by atoms with E-state index in [2.05, 4.69) is 5.32 Å². The molecule has 0 bridgehead atoms. The second-order valence-corrected chi connectivity index (χ2v) is 5.01. The minimum absolute atomic E-state index is 0.0404. The zero-order valence-electron chi connectivity index (χ0n) is 10.1. The predicted molar refractivity (Wildman–Crippen MR) is 62.3 cm³/mol. The van der Waals surface area contributed by atoms with Crippen LogP contribution in [0.1, 0.15) is 0 Å². The van der Waals surface area contributed by atoms with Gasteiger partial charge in [-0.2, -0.15) is 0 Å². The van der Waals surface area contributed by atoms with Crippen molar-refractivity contribution in [2.75, 3.05) is 26.7 Å². The average Bonchev–Trinajstić information content (AvgIpc) is 3.06. The number of nitrogens with one attached hydrogen (secondary N) is 1. The van der Waals surface area contributed by atoms with Gasteiger partial charge in [-0.15, -0.1) is 0 Å². The van der Waals surface area contributed by atoms with E-state index in [9.17, 15) is 14.4 Å². The molecule has 3 aliphatic heterocycles. The van der Waals surface area contributed by atoms with Crippen LogP contribution in [0.25, 0.3) is 0 Å². The van der Waals surface area contributed by atoms with Crippen LogP contribution in [0.2, 0.25) is 0 Å². The van der Waals surface area contributed by atoms with Crippen LogP contribution in [0.5, 0.6) is 0 Å². The van der Waals surface area contributed by atoms with E-state index in [4.69, 9.17) is 0 Å². The zero-order valence-corrected chi connectivity index (χ0v) is 10.1. The highest BCUT2D eigenvalue weighted by atomic mass is 16.2. The Morgan fingerprint density at radius 3 is 2.39 bits per heavy atom. The molecule has 6 heteroatoms. The van der Waals surface area contributed by atoms with Crippen molar-refractivity contribution in [2.45, 2.75) is 6.04 Å². The lowest BCUT2D eigenvalue weighted by Crippen LogP contribution is -2.44. The molecule has 0 aromatic carbocycles. The summed E-state index contributed by atoms with van der Waals surface area (Å²) in [6.07, 6.45) is 3.73. The Morgan fingerprint density at radius 1 is 1.28 bits per heavy atom. The van der Waals surface area contributed by atoms with E-state index >= 15 is 0 Å². The smallest absolute Gasteiger partial charge is 0.243 e. The van der Waals surface area contributed by atoms with Gasteiger partial charge in [-0.25, -0.2) is 0 Å². The second-order valence-electron chi connectivity index (χ2n) is 5.01. The Morgan fingerprint density at radius 2 is 1.89 bits per heavy atom. The highest BCUT2D eigenvalue weighted by Gasteiger charge is 2.52. The summed E-state index contributed by atoms with van der Waals surface area (Å²) in [5.41, 5.74) is 0. The van der Waals surface area contributed by atoms with Crippen molar-refractivity contribution in [1.82, 2.24) is 15.1 Å². The second kappa shape index (κ2) is 3.91. The topological polar surface area (TPSA) is 69.7 Å². The van der Waals surface area contributed by atoms with Crippen molar-refractivity contribution in [3.63, 3.8) is 0 Å². The monoisotopic (exact) mass is 249 g/mol. The van der Waals surface area contributed by atoms with Crippen molar-refractivity contribution in [3.8, 4) is 0 Å². The molecule has 1 N–H and O–H groups in total. The number of amides is 3. The molecule has 3 rings (SSSR count). The maximum absolute atomic E-state index is 12.1. The number of fused-ring (bicyclic) bond motifs is 1. The zero-order chi connectivity index (χ0) is 12.9. The largest absolute Gasteiger partial charge is 0.339 e. The number of likely N-dealkylation sites (tertiary alicyclic amines) is 2. The van der Waals surface area contributed by atoms with Crippen molar-refractivity contribution >= 4 is 17.7 Å². The summed E-state index contributed by atoms with van der Waals surface area (Å²) < 4.78 is 0. The van der Waals surface area contributed by atoms with Gasteiger partial charge in [0.25, 0.3) is 0 Å². The minimum atomic E-state index is -0.336. The van der Waals surface area contributed by atoms with Gasteiger partial charge in [0, 0.05) is 26.7 Å². The van der Waals surface area contributed by atoms with Crippen LogP contribution in [0.4, 0.5) is 0 Å². The molecule has 1 unspecified atom stereocenters. The van der Waals surface area contributed by atoms with Crippen LogP contribution in [0, 0.1) is 11.8 Å². The fourth-order valence-corrected chi connectivity index (χ4v) is 2.92. The SMILES string of the molecule is CN1C(=O)[C@H]2CN(C(=O)C3C=CCN3)C[C@H]2C1=O. The number of imide groups is 1. The van der Waals surface area contributed by atoms with Crippen LogP contribution < -0.4 is 5.32 Å². The van der Waals surface area contributed by atoms with Crippen molar-refractivity contribution < 1.29 is 14.4 Å². The molecular weight excluding hydrogens is 234 g/mol. The van der Waals surface area contributed by atoms with Crippen LogP contribution in [0.15, 0.2) is 12.2 Å². The quantitative estimate of drug-likeness (QED) is 0.458. The van der Waals surface area contributed by atoms with E-state index < -0.39 is 0 Å². The van der Waals surface area contributed by atoms with Crippen LogP contribution in [0.3, 0.4) is 0 Å². The molecule has 96 valence electrons. The van der Waals surface area contributed by atoms with E-state index in [1.807, 2.05) is 12.2 Å². The number of carbonyl (C=O) groups excluding carboxylic acids is 3. The third-order valence-electron chi connectivity index (χ3n) is 3.98. The number of rotatable bonds is 1. The fourth-order valence-electron chi connectivity index (χ4n) is 2.92. The summed E-state index contributed by atoms with van der Waals surface area (Å²) in [4.78, 5) is 38.6. The first-order valence-electron chi connectivity index (χ1n) is 6.10. The maximum atomic E-state index is 12.1. The first-order chi connectivity index (χ1) is 8.59. The van der Waals surface area contributed by atoms with Gasteiger partial charge in [0.15, 0.2) is 0 Å². The van der Waals surface area contributed by atoms with Gasteiger partial charge in [0.05, 0.1) is 11.8 Å². The normalized spacial score (nSPS) is 34.6. The summed E-state index contributed by atoms with van der Waals surface area (Å²) in [6, 6.07) is -0.299. The molecule has 2 fully saturated rings. The van der Waals surface area contributed by atoms with E-state index in [-0.39, 0.29) is 35.6 Å². The summed E-state index contributed by atoms with van der Waals surface area (Å²) >= 11 is 0. The van der Waals surface area contributed by atoms with E-state index in [1.54, 1.807) is 4.90 Å². The maximum Gasteiger partial charge on any atom is 0.243 e. The van der Waals surface area contributed by atoms with Gasteiger partial charge >= 0.3 is 0 Å². The van der Waals surface area contributed by atoms with Crippen LogP contribution in [-0.2, 0) is 14.4 Å². The molecule has 3 atom stereocenters. The van der Waals surface area contributed by atoms with Gasteiger partial charge in [-0.1, -0.05) is 12.2 Å². The van der Waals surface area contributed by atoms with Gasteiger partial charge < -0.3 is 4.90 Å². The standard InChI is InChI=1S/C12H15N3O3/c1-14-10(16)7-5-15(6-8(7)11(14)17)12(18)9-3-2-4-13-9/h2-3,7-9,13H,4-6H2,1H3/t7-,8+,9?. The van der Waals surface area contributed by atoms with Gasteiger partial charge in [-0.3, -0.25) is 24.6 Å². The lowest BCUT2D eigenvalue weighted by atomic mass is 10.00. The summed E-state index contributed by atoms with van der Waals surface area (Å²) in [5, 5.41) is 3.05. The average molecular weight is 249 g/mol. The Bertz CT molecular complexity index is 435. The van der Waals surface area contributed by atoms with Crippen LogP contribution >= 0.6 is 0 Å². The van der Waals surface area contributed by atoms with Gasteiger partial charge in [0.2, 0.25) is 17.7 Å². The summed E-state index contributed by atoms with van der Waals surface area (Å²) in [6.45, 7) is 1.42. The molecular formula is C12H15N3O3. The molecule has 18 heavy (non-hydrogen) atoms. The minimum Gasteiger partial charge on any atom is -0.339 e. The van der Waals surface area contributed by atoms with Crippen molar-refractivity contribution in [3.05, 3.63) is 12.2 Å². The van der Waals surface area contributed by atoms with Gasteiger partial charge in [-0.05, 0) is 0 Å². The van der Waals surface area contributed by atoms with Crippen molar-refractivity contribution in [2.24, 2.45) is 11.8 Å². The molecule has 0 radical (unpaired) electrons. The van der Waals surface area contributed by atoms with Crippen LogP contribution in [-0.4, -0.2) is 60.2 Å². The predicted octanol–water partition coefficient (Wildman–Crippen LogP) is -1.41. The molecule has 0 aromatic rings. The molecule has 3 aliphatic rings. The Balaban J connectivity index is 1.73. The number of carbonyl (C=O) groups is 3. The number of nitrogens with zero attached hydrogens (tertiary/aromatic N) is 2. The lowest BCUT2D eigenvalue weighted by molar-refractivity contribution is -0.139. The molecule has 0 saturated carbocycles. The molecule has 6 nitrogen and oxygen atoms in total. The first-order valence-corrected chi connectivity index (χ1v) is 6.10. The Hall–Kier alpha value is -1.69. The molecule has 0 spiro atoms. The molecule has 3 heterocycles. The molecule has 2 saturated heterocycles. The molecule has 3 amide bonds. The molecule has 0 aliphatic carbocycles. The highest BCUT2D eigenvalue weighted by molar-refractivity contribution is 6.06. The van der Waals surface area contributed by atoms with E-state index in [0.717, 1.165) is 0 Å². The third kappa shape index (κ3) is 1.49. The Labute approximate surface area is 105 Å². The van der Waals surface area contributed by atoms with Gasteiger partial charge in [0.1, 0.15) is 6.04 Å². The molecule has 0 aromatic heterocycles. The van der Waals surface area contributed by atoms with Crippen molar-refractivity contribution in [1.29, 1.82) is 0 Å². The third-order valence-corrected chi connectivity index (χ3v) is 3.98. The Kier molecular flexibility index (Phi) is 2.48. The highest BCUT2D eigenvalue weighted by Crippen LogP contribution is 2.32. The number of hydrogen-bond acceptors (Lipinski definition) is 4. The number of hydrogen-bond donors (Lipinski definition) is 1. The van der Waals surface area contributed by atoms with E-state index in [1.165, 1.54) is 11.9 Å². The van der Waals surface area contributed by atoms with E-state index in [0.29, 0.717) is 19.6 Å².